The zero-order valence-electron chi connectivity index (χ0n) is 21.8. The van der Waals surface area contributed by atoms with Crippen molar-refractivity contribution in [3.05, 3.63) is 64.7 Å². The van der Waals surface area contributed by atoms with Gasteiger partial charge in [-0.3, -0.25) is 14.6 Å². The molecule has 5 heteroatoms. The molecule has 0 saturated carbocycles. The first-order valence-electron chi connectivity index (χ1n) is 13.3. The van der Waals surface area contributed by atoms with Crippen molar-refractivity contribution in [1.82, 2.24) is 9.80 Å². The van der Waals surface area contributed by atoms with Crippen LogP contribution in [0.2, 0.25) is 0 Å². The van der Waals surface area contributed by atoms with E-state index in [0.29, 0.717) is 25.6 Å². The van der Waals surface area contributed by atoms with Gasteiger partial charge in [-0.1, -0.05) is 56.7 Å². The van der Waals surface area contributed by atoms with E-state index >= 15 is 0 Å². The van der Waals surface area contributed by atoms with E-state index in [1.165, 1.54) is 48.8 Å². The average molecular weight is 479 g/mol. The van der Waals surface area contributed by atoms with Gasteiger partial charge in [0.25, 0.3) is 0 Å². The highest BCUT2D eigenvalue weighted by Gasteiger charge is 2.28. The lowest BCUT2D eigenvalue weighted by atomic mass is 9.99. The van der Waals surface area contributed by atoms with E-state index in [1.807, 2.05) is 18.2 Å². The van der Waals surface area contributed by atoms with Crippen LogP contribution in [-0.4, -0.2) is 61.6 Å². The van der Waals surface area contributed by atoms with Gasteiger partial charge in [0.05, 0.1) is 20.3 Å². The van der Waals surface area contributed by atoms with E-state index in [1.54, 1.807) is 7.11 Å². The molecule has 35 heavy (non-hydrogen) atoms. The maximum absolute atomic E-state index is 13.4. The normalized spacial score (nSPS) is 18.9. The smallest absolute Gasteiger partial charge is 0.176 e. The third-order valence-corrected chi connectivity index (χ3v) is 7.17. The number of aryl methyl sites for hydroxylation is 2. The Hall–Kier alpha value is -2.21. The summed E-state index contributed by atoms with van der Waals surface area (Å²) < 4.78 is 11.5. The second-order valence-electron chi connectivity index (χ2n) is 10.6. The van der Waals surface area contributed by atoms with Gasteiger partial charge in [-0.05, 0) is 54.4 Å². The molecule has 0 amide bonds. The van der Waals surface area contributed by atoms with Crippen molar-refractivity contribution in [3.8, 4) is 5.75 Å². The third-order valence-electron chi connectivity index (χ3n) is 7.17. The Bertz CT molecular complexity index is 974. The quantitative estimate of drug-likeness (QED) is 0.455. The van der Waals surface area contributed by atoms with E-state index in [-0.39, 0.29) is 11.9 Å². The molecule has 2 aromatic carbocycles. The summed E-state index contributed by atoms with van der Waals surface area (Å²) in [5, 5.41) is 0. The molecule has 0 spiro atoms. The first-order valence-corrected chi connectivity index (χ1v) is 13.3. The largest absolute Gasteiger partial charge is 0.496 e. The lowest BCUT2D eigenvalue weighted by Crippen LogP contribution is -2.48. The highest BCUT2D eigenvalue weighted by molar-refractivity contribution is 5.85. The van der Waals surface area contributed by atoms with Gasteiger partial charge in [-0.25, -0.2) is 0 Å². The molecule has 0 aromatic heterocycles. The standard InChI is InChI=1S/C30H42N2O3/c1-23(2)18-32(19-24-13-14-25-9-5-4-6-10-26(25)17-24)21-28(33)30-22-31(15-16-35-30)20-27-11-7-8-12-29(27)34-3/h7-8,11-14,17,23,30H,4-6,9-10,15-16,18-22H2,1-3H3. The minimum atomic E-state index is -0.375. The molecule has 2 aliphatic rings. The van der Waals surface area contributed by atoms with Crippen LogP contribution in [0.4, 0.5) is 0 Å². The number of morpholine rings is 1. The molecular weight excluding hydrogens is 436 g/mol. The Morgan fingerprint density at radius 2 is 1.91 bits per heavy atom. The highest BCUT2D eigenvalue weighted by Crippen LogP contribution is 2.23. The Balaban J connectivity index is 1.38. The van der Waals surface area contributed by atoms with Gasteiger partial charge < -0.3 is 9.47 Å². The van der Waals surface area contributed by atoms with E-state index in [9.17, 15) is 4.79 Å². The molecule has 0 bridgehead atoms. The van der Waals surface area contributed by atoms with Crippen LogP contribution < -0.4 is 4.74 Å². The van der Waals surface area contributed by atoms with Gasteiger partial charge in [0, 0.05) is 38.3 Å². The van der Waals surface area contributed by atoms with Crippen LogP contribution in [0.3, 0.4) is 0 Å². The van der Waals surface area contributed by atoms with Crippen molar-refractivity contribution >= 4 is 5.78 Å². The number of rotatable bonds is 10. The van der Waals surface area contributed by atoms with Crippen LogP contribution in [-0.2, 0) is 35.5 Å². The number of benzene rings is 2. The number of fused-ring (bicyclic) bond motifs is 1. The summed E-state index contributed by atoms with van der Waals surface area (Å²) in [6, 6.07) is 15.1. The molecule has 1 aliphatic heterocycles. The molecule has 1 heterocycles. The predicted molar refractivity (Wildman–Crippen MR) is 141 cm³/mol. The summed E-state index contributed by atoms with van der Waals surface area (Å²) in [6.45, 7) is 9.40. The van der Waals surface area contributed by atoms with Crippen LogP contribution in [0.1, 0.15) is 55.4 Å². The Morgan fingerprint density at radius 3 is 2.71 bits per heavy atom. The maximum atomic E-state index is 13.4. The van der Waals surface area contributed by atoms with Crippen molar-refractivity contribution in [2.75, 3.05) is 39.9 Å². The number of hydrogen-bond donors (Lipinski definition) is 0. The molecule has 4 rings (SSSR count). The number of carbonyl (C=O) groups excluding carboxylic acids is 1. The number of nitrogens with zero attached hydrogens (tertiary/aromatic N) is 2. The van der Waals surface area contributed by atoms with Gasteiger partial charge in [-0.2, -0.15) is 0 Å². The molecule has 1 unspecified atom stereocenters. The summed E-state index contributed by atoms with van der Waals surface area (Å²) in [4.78, 5) is 18.0. The summed E-state index contributed by atoms with van der Waals surface area (Å²) >= 11 is 0. The number of para-hydroxylation sites is 1. The van der Waals surface area contributed by atoms with Crippen LogP contribution in [0.15, 0.2) is 42.5 Å². The monoisotopic (exact) mass is 478 g/mol. The average Bonchev–Trinajstić information content (AvgIpc) is 3.09. The number of hydrogen-bond acceptors (Lipinski definition) is 5. The molecule has 5 nitrogen and oxygen atoms in total. The summed E-state index contributed by atoms with van der Waals surface area (Å²) in [6.07, 6.45) is 5.93. The summed E-state index contributed by atoms with van der Waals surface area (Å²) in [5.41, 5.74) is 5.50. The zero-order valence-corrected chi connectivity index (χ0v) is 21.8. The van der Waals surface area contributed by atoms with Crippen LogP contribution in [0.25, 0.3) is 0 Å². The number of methoxy groups -OCH3 is 1. The summed E-state index contributed by atoms with van der Waals surface area (Å²) in [7, 11) is 1.71. The minimum Gasteiger partial charge on any atom is -0.496 e. The van der Waals surface area contributed by atoms with Crippen molar-refractivity contribution in [2.24, 2.45) is 5.92 Å². The molecular formula is C30H42N2O3. The molecule has 190 valence electrons. The van der Waals surface area contributed by atoms with Crippen LogP contribution in [0.5, 0.6) is 5.75 Å². The molecule has 0 radical (unpaired) electrons. The molecule has 1 saturated heterocycles. The van der Waals surface area contributed by atoms with E-state index < -0.39 is 0 Å². The van der Waals surface area contributed by atoms with Crippen molar-refractivity contribution < 1.29 is 14.3 Å². The number of ether oxygens (including phenoxy) is 2. The van der Waals surface area contributed by atoms with Gasteiger partial charge in [-0.15, -0.1) is 0 Å². The first kappa shape index (κ1) is 25.9. The Labute approximate surface area is 211 Å². The van der Waals surface area contributed by atoms with Crippen LogP contribution >= 0.6 is 0 Å². The lowest BCUT2D eigenvalue weighted by molar-refractivity contribution is -0.138. The molecule has 1 aliphatic carbocycles. The zero-order chi connectivity index (χ0) is 24.6. The molecule has 1 atom stereocenters. The molecule has 2 aromatic rings. The van der Waals surface area contributed by atoms with E-state index in [4.69, 9.17) is 9.47 Å². The Kier molecular flexibility index (Phi) is 9.36. The second-order valence-corrected chi connectivity index (χ2v) is 10.6. The summed E-state index contributed by atoms with van der Waals surface area (Å²) in [5.74, 6) is 1.58. The third kappa shape index (κ3) is 7.39. The fraction of sp³-hybridized carbons (Fsp3) is 0.567. The van der Waals surface area contributed by atoms with E-state index in [0.717, 1.165) is 37.5 Å². The van der Waals surface area contributed by atoms with Crippen molar-refractivity contribution in [3.63, 3.8) is 0 Å². The number of Topliss-reactive ketones (excluding diaryl/α,β-unsaturated/α-hetero) is 1. The van der Waals surface area contributed by atoms with Crippen molar-refractivity contribution in [2.45, 2.75) is 65.1 Å². The first-order chi connectivity index (χ1) is 17.0. The SMILES string of the molecule is COc1ccccc1CN1CCOC(C(=O)CN(Cc2ccc3c(c2)CCCCC3)CC(C)C)C1. The predicted octanol–water partition coefficient (Wildman–Crippen LogP) is 4.89. The molecule has 0 N–H and O–H groups in total. The fourth-order valence-corrected chi connectivity index (χ4v) is 5.46. The number of ketones is 1. The van der Waals surface area contributed by atoms with Gasteiger partial charge in [0.15, 0.2) is 5.78 Å². The maximum Gasteiger partial charge on any atom is 0.176 e. The fourth-order valence-electron chi connectivity index (χ4n) is 5.46. The molecule has 1 fully saturated rings. The Morgan fingerprint density at radius 1 is 1.11 bits per heavy atom. The van der Waals surface area contributed by atoms with Gasteiger partial charge in [0.1, 0.15) is 11.9 Å². The minimum absolute atomic E-state index is 0.185. The highest BCUT2D eigenvalue weighted by atomic mass is 16.5. The van der Waals surface area contributed by atoms with Gasteiger partial charge >= 0.3 is 0 Å². The van der Waals surface area contributed by atoms with E-state index in [2.05, 4.69) is 47.9 Å². The number of carbonyl (C=O) groups is 1. The van der Waals surface area contributed by atoms with Crippen LogP contribution in [0, 0.1) is 5.92 Å². The topological polar surface area (TPSA) is 42.0 Å². The second kappa shape index (κ2) is 12.7. The van der Waals surface area contributed by atoms with Crippen molar-refractivity contribution in [1.29, 1.82) is 0 Å². The van der Waals surface area contributed by atoms with Gasteiger partial charge in [0.2, 0.25) is 0 Å². The lowest BCUT2D eigenvalue weighted by Gasteiger charge is -2.33.